The zero-order chi connectivity index (χ0) is 18.6. The van der Waals surface area contributed by atoms with E-state index >= 15 is 0 Å². The molecular formula is C19H27IN4O2S. The first-order valence-corrected chi connectivity index (χ1v) is 9.93. The summed E-state index contributed by atoms with van der Waals surface area (Å²) in [6, 6.07) is 11.4. The second kappa shape index (κ2) is 13.5. The summed E-state index contributed by atoms with van der Waals surface area (Å²) in [5, 5.41) is 6.56. The smallest absolute Gasteiger partial charge is 0.219 e. The Balaban J connectivity index is 0.00000364. The number of aromatic nitrogens is 1. The van der Waals surface area contributed by atoms with E-state index < -0.39 is 0 Å². The molecule has 2 N–H and O–H groups in total. The number of aliphatic imine (C=N–C) groups is 1. The number of thioether (sulfide) groups is 1. The number of benzene rings is 1. The van der Waals surface area contributed by atoms with Crippen LogP contribution in [0.15, 0.2) is 47.6 Å². The number of halogens is 1. The Morgan fingerprint density at radius 1 is 1.15 bits per heavy atom. The highest BCUT2D eigenvalue weighted by atomic mass is 127. The minimum Gasteiger partial charge on any atom is -0.494 e. The van der Waals surface area contributed by atoms with Gasteiger partial charge in [-0.25, -0.2) is 4.98 Å². The van der Waals surface area contributed by atoms with Gasteiger partial charge in [-0.05, 0) is 49.1 Å². The van der Waals surface area contributed by atoms with Gasteiger partial charge in [0.15, 0.2) is 5.96 Å². The lowest BCUT2D eigenvalue weighted by Gasteiger charge is -2.12. The Kier molecular flexibility index (Phi) is 11.7. The number of pyridine rings is 1. The van der Waals surface area contributed by atoms with Crippen molar-refractivity contribution in [3.63, 3.8) is 0 Å². The molecule has 2 aromatic rings. The average molecular weight is 502 g/mol. The van der Waals surface area contributed by atoms with Crippen LogP contribution in [-0.2, 0) is 6.54 Å². The highest BCUT2D eigenvalue weighted by Gasteiger charge is 2.03. The predicted molar refractivity (Wildman–Crippen MR) is 124 cm³/mol. The first kappa shape index (κ1) is 23.4. The van der Waals surface area contributed by atoms with E-state index in [1.807, 2.05) is 43.3 Å². The minimum absolute atomic E-state index is 0. The Morgan fingerprint density at radius 3 is 2.56 bits per heavy atom. The predicted octanol–water partition coefficient (Wildman–Crippen LogP) is 3.92. The quantitative estimate of drug-likeness (QED) is 0.235. The zero-order valence-electron chi connectivity index (χ0n) is 15.9. The van der Waals surface area contributed by atoms with E-state index in [0.29, 0.717) is 19.0 Å². The maximum Gasteiger partial charge on any atom is 0.219 e. The fraction of sp³-hybridized carbons (Fsp3) is 0.368. The number of nitrogens with one attached hydrogen (secondary N) is 2. The molecule has 0 spiro atoms. The molecule has 1 heterocycles. The molecule has 8 heteroatoms. The van der Waals surface area contributed by atoms with Crippen molar-refractivity contribution in [3.8, 4) is 17.4 Å². The summed E-state index contributed by atoms with van der Waals surface area (Å²) in [5.41, 5.74) is 1.06. The summed E-state index contributed by atoms with van der Waals surface area (Å²) in [7, 11) is 1.77. The third-order valence-corrected chi connectivity index (χ3v) is 4.05. The molecule has 27 heavy (non-hydrogen) atoms. The van der Waals surface area contributed by atoms with Gasteiger partial charge in [0.2, 0.25) is 5.88 Å². The second-order valence-electron chi connectivity index (χ2n) is 5.35. The number of hydrogen-bond acceptors (Lipinski definition) is 5. The highest BCUT2D eigenvalue weighted by Crippen LogP contribution is 2.23. The average Bonchev–Trinajstić information content (AvgIpc) is 2.67. The van der Waals surface area contributed by atoms with Gasteiger partial charge < -0.3 is 20.1 Å². The van der Waals surface area contributed by atoms with Gasteiger partial charge in [-0.1, -0.05) is 0 Å². The summed E-state index contributed by atoms with van der Waals surface area (Å²) in [4.78, 5) is 8.49. The first-order valence-electron chi connectivity index (χ1n) is 8.54. The zero-order valence-corrected chi connectivity index (χ0v) is 19.0. The lowest BCUT2D eigenvalue weighted by atomic mass is 10.2. The summed E-state index contributed by atoms with van der Waals surface area (Å²) in [6.07, 6.45) is 3.82. The lowest BCUT2D eigenvalue weighted by molar-refractivity contribution is 0.339. The molecule has 0 aliphatic rings. The molecule has 0 aliphatic heterocycles. The molecule has 6 nitrogen and oxygen atoms in total. The van der Waals surface area contributed by atoms with Gasteiger partial charge in [0.05, 0.1) is 6.61 Å². The van der Waals surface area contributed by atoms with Crippen molar-refractivity contribution in [1.82, 2.24) is 15.6 Å². The summed E-state index contributed by atoms with van der Waals surface area (Å²) < 4.78 is 11.3. The molecule has 1 aromatic heterocycles. The number of nitrogens with zero attached hydrogens (tertiary/aromatic N) is 2. The van der Waals surface area contributed by atoms with Crippen LogP contribution in [-0.4, -0.2) is 43.2 Å². The van der Waals surface area contributed by atoms with Crippen molar-refractivity contribution < 1.29 is 9.47 Å². The van der Waals surface area contributed by atoms with Crippen LogP contribution in [0.1, 0.15) is 12.5 Å². The molecule has 0 unspecified atom stereocenters. The molecule has 0 saturated heterocycles. The standard InChI is InChI=1S/C19H26N4O2S.HI/c1-4-24-16-5-7-17(8-6-16)25-18-13-15(9-10-21-18)14-23-19(20-2)22-11-12-26-3;/h5-10,13H,4,11-12,14H2,1-3H3,(H2,20,22,23);1H. The van der Waals surface area contributed by atoms with E-state index in [-0.39, 0.29) is 24.0 Å². The number of rotatable bonds is 9. The van der Waals surface area contributed by atoms with Gasteiger partial charge in [-0.3, -0.25) is 4.99 Å². The lowest BCUT2D eigenvalue weighted by Crippen LogP contribution is -2.37. The van der Waals surface area contributed by atoms with Crippen molar-refractivity contribution in [3.05, 3.63) is 48.2 Å². The monoisotopic (exact) mass is 502 g/mol. The van der Waals surface area contributed by atoms with Gasteiger partial charge >= 0.3 is 0 Å². The number of guanidine groups is 1. The maximum absolute atomic E-state index is 5.82. The van der Waals surface area contributed by atoms with Crippen molar-refractivity contribution in [1.29, 1.82) is 0 Å². The molecule has 0 amide bonds. The third kappa shape index (κ3) is 8.70. The van der Waals surface area contributed by atoms with Crippen LogP contribution in [0.3, 0.4) is 0 Å². The molecule has 0 radical (unpaired) electrons. The fourth-order valence-electron chi connectivity index (χ4n) is 2.19. The fourth-order valence-corrected chi connectivity index (χ4v) is 2.49. The summed E-state index contributed by atoms with van der Waals surface area (Å²) >= 11 is 1.80. The van der Waals surface area contributed by atoms with Crippen molar-refractivity contribution in [2.24, 2.45) is 4.99 Å². The largest absolute Gasteiger partial charge is 0.494 e. The molecule has 148 valence electrons. The highest BCUT2D eigenvalue weighted by molar-refractivity contribution is 14.0. The van der Waals surface area contributed by atoms with Crippen LogP contribution in [0.5, 0.6) is 17.4 Å². The molecule has 1 aromatic carbocycles. The summed E-state index contributed by atoms with van der Waals surface area (Å²) in [5.74, 6) is 3.92. The molecule has 0 bridgehead atoms. The molecule has 0 saturated carbocycles. The molecular weight excluding hydrogens is 475 g/mol. The van der Waals surface area contributed by atoms with Crippen LogP contribution < -0.4 is 20.1 Å². The van der Waals surface area contributed by atoms with E-state index in [1.54, 1.807) is 25.0 Å². The van der Waals surface area contributed by atoms with E-state index in [1.165, 1.54) is 0 Å². The van der Waals surface area contributed by atoms with E-state index in [0.717, 1.165) is 35.3 Å². The van der Waals surface area contributed by atoms with E-state index in [2.05, 4.69) is 26.9 Å². The van der Waals surface area contributed by atoms with Gasteiger partial charge in [-0.15, -0.1) is 24.0 Å². The number of ether oxygens (including phenoxy) is 2. The van der Waals surface area contributed by atoms with E-state index in [4.69, 9.17) is 9.47 Å². The van der Waals surface area contributed by atoms with Gasteiger partial charge in [0.25, 0.3) is 0 Å². The van der Waals surface area contributed by atoms with Crippen LogP contribution in [0.25, 0.3) is 0 Å². The molecule has 2 rings (SSSR count). The minimum atomic E-state index is 0. The van der Waals surface area contributed by atoms with Gasteiger partial charge in [0, 0.05) is 38.2 Å². The Morgan fingerprint density at radius 2 is 1.89 bits per heavy atom. The van der Waals surface area contributed by atoms with Crippen molar-refractivity contribution in [2.75, 3.05) is 32.2 Å². The molecule has 0 aliphatic carbocycles. The Bertz CT molecular complexity index is 698. The van der Waals surface area contributed by atoms with Crippen LogP contribution in [0.2, 0.25) is 0 Å². The Hall–Kier alpha value is -1.68. The number of hydrogen-bond donors (Lipinski definition) is 2. The van der Waals surface area contributed by atoms with Crippen molar-refractivity contribution >= 4 is 41.7 Å². The van der Waals surface area contributed by atoms with Gasteiger partial charge in [-0.2, -0.15) is 11.8 Å². The normalized spacial score (nSPS) is 10.7. The third-order valence-electron chi connectivity index (χ3n) is 3.44. The molecule has 0 atom stereocenters. The van der Waals surface area contributed by atoms with Crippen LogP contribution in [0, 0.1) is 0 Å². The summed E-state index contributed by atoms with van der Waals surface area (Å²) in [6.45, 7) is 4.12. The van der Waals surface area contributed by atoms with Gasteiger partial charge in [0.1, 0.15) is 11.5 Å². The molecule has 0 fully saturated rings. The van der Waals surface area contributed by atoms with E-state index in [9.17, 15) is 0 Å². The first-order chi connectivity index (χ1) is 12.7. The topological polar surface area (TPSA) is 67.8 Å². The second-order valence-corrected chi connectivity index (χ2v) is 6.34. The SMILES string of the molecule is CCOc1ccc(Oc2cc(CNC(=NC)NCCSC)ccn2)cc1.I. The van der Waals surface area contributed by atoms with Crippen LogP contribution in [0.4, 0.5) is 0 Å². The van der Waals surface area contributed by atoms with Crippen molar-refractivity contribution in [2.45, 2.75) is 13.5 Å². The Labute approximate surface area is 182 Å². The maximum atomic E-state index is 5.82. The van der Waals surface area contributed by atoms with Crippen LogP contribution >= 0.6 is 35.7 Å².